The summed E-state index contributed by atoms with van der Waals surface area (Å²) < 4.78 is 0. The second kappa shape index (κ2) is 4.24. The third kappa shape index (κ3) is 2.05. The lowest BCUT2D eigenvalue weighted by atomic mass is 10.0. The molecule has 76 valence electrons. The fourth-order valence-corrected chi connectivity index (χ4v) is 1.61. The van der Waals surface area contributed by atoms with Crippen molar-refractivity contribution in [2.45, 2.75) is 6.42 Å². The van der Waals surface area contributed by atoms with Gasteiger partial charge >= 0.3 is 0 Å². The lowest BCUT2D eigenvalue weighted by molar-refractivity contribution is 0.0957. The molecule has 0 aliphatic carbocycles. The molecule has 0 bridgehead atoms. The highest BCUT2D eigenvalue weighted by molar-refractivity contribution is 5.99. The first-order valence-electron chi connectivity index (χ1n) is 4.94. The Hall–Kier alpha value is -1.67. The minimum Gasteiger partial charge on any atom is -0.396 e. The molecule has 0 aliphatic heterocycles. The Balaban J connectivity index is 2.42. The number of fused-ring (bicyclic) bond motifs is 1. The van der Waals surface area contributed by atoms with E-state index in [9.17, 15) is 4.79 Å². The molecule has 1 N–H and O–H groups in total. The third-order valence-electron chi connectivity index (χ3n) is 2.41. The van der Waals surface area contributed by atoms with Crippen LogP contribution in [0.3, 0.4) is 0 Å². The van der Waals surface area contributed by atoms with Gasteiger partial charge in [-0.15, -0.1) is 0 Å². The number of hydrogen-bond acceptors (Lipinski definition) is 2. The van der Waals surface area contributed by atoms with Gasteiger partial charge in [-0.1, -0.05) is 36.4 Å². The zero-order valence-electron chi connectivity index (χ0n) is 8.31. The Morgan fingerprint density at radius 1 is 1.07 bits per heavy atom. The number of aliphatic hydroxyl groups excluding tert-OH is 1. The molecular weight excluding hydrogens is 188 g/mol. The van der Waals surface area contributed by atoms with Crippen molar-refractivity contribution < 1.29 is 9.90 Å². The average molecular weight is 200 g/mol. The van der Waals surface area contributed by atoms with Gasteiger partial charge in [0, 0.05) is 12.0 Å². The number of benzene rings is 2. The van der Waals surface area contributed by atoms with Gasteiger partial charge in [0.1, 0.15) is 0 Å². The molecule has 0 heterocycles. The Morgan fingerprint density at radius 3 is 2.53 bits per heavy atom. The van der Waals surface area contributed by atoms with Crippen molar-refractivity contribution in [2.24, 2.45) is 0 Å². The van der Waals surface area contributed by atoms with Crippen LogP contribution in [0.25, 0.3) is 10.8 Å². The number of Topliss-reactive ketones (excluding diaryl/α,β-unsaturated/α-hetero) is 1. The van der Waals surface area contributed by atoms with E-state index in [-0.39, 0.29) is 18.8 Å². The smallest absolute Gasteiger partial charge is 0.165 e. The first-order chi connectivity index (χ1) is 7.31. The van der Waals surface area contributed by atoms with Crippen LogP contribution in [-0.2, 0) is 0 Å². The fourth-order valence-electron chi connectivity index (χ4n) is 1.61. The Kier molecular flexibility index (Phi) is 2.79. The zero-order valence-corrected chi connectivity index (χ0v) is 8.31. The third-order valence-corrected chi connectivity index (χ3v) is 2.41. The molecule has 2 aromatic rings. The van der Waals surface area contributed by atoms with Crippen LogP contribution in [0.4, 0.5) is 0 Å². The molecule has 0 unspecified atom stereocenters. The molecule has 2 heteroatoms. The molecule has 2 nitrogen and oxygen atoms in total. The predicted molar refractivity (Wildman–Crippen MR) is 60.0 cm³/mol. The summed E-state index contributed by atoms with van der Waals surface area (Å²) in [5, 5.41) is 10.9. The van der Waals surface area contributed by atoms with E-state index in [0.717, 1.165) is 10.8 Å². The molecule has 0 saturated carbocycles. The number of ketones is 1. The Morgan fingerprint density at radius 2 is 1.80 bits per heavy atom. The van der Waals surface area contributed by atoms with Crippen LogP contribution >= 0.6 is 0 Å². The second-order valence-electron chi connectivity index (χ2n) is 3.46. The van der Waals surface area contributed by atoms with Crippen molar-refractivity contribution in [1.29, 1.82) is 0 Å². The standard InChI is InChI=1S/C13H12O2/c14-8-7-13(15)12-6-5-10-3-1-2-4-11(10)9-12/h1-6,9,14H,7-8H2. The normalized spacial score (nSPS) is 10.5. The van der Waals surface area contributed by atoms with Gasteiger partial charge in [0.15, 0.2) is 5.78 Å². The summed E-state index contributed by atoms with van der Waals surface area (Å²) in [5.74, 6) is -0.0109. The van der Waals surface area contributed by atoms with Crippen LogP contribution in [0.1, 0.15) is 16.8 Å². The summed E-state index contributed by atoms with van der Waals surface area (Å²) in [5.41, 5.74) is 0.669. The van der Waals surface area contributed by atoms with Crippen LogP contribution in [-0.4, -0.2) is 17.5 Å². The SMILES string of the molecule is O=C(CCO)c1ccc2ccccc2c1. The number of carbonyl (C=O) groups is 1. The van der Waals surface area contributed by atoms with Crippen LogP contribution in [0.2, 0.25) is 0 Å². The van der Waals surface area contributed by atoms with E-state index >= 15 is 0 Å². The summed E-state index contributed by atoms with van der Waals surface area (Å²) in [7, 11) is 0. The molecule has 0 aliphatic rings. The summed E-state index contributed by atoms with van der Waals surface area (Å²) in [4.78, 5) is 11.5. The van der Waals surface area contributed by atoms with E-state index in [0.29, 0.717) is 5.56 Å². The molecule has 2 aromatic carbocycles. The average Bonchev–Trinajstić information content (AvgIpc) is 2.29. The van der Waals surface area contributed by atoms with Crippen molar-refractivity contribution in [3.05, 3.63) is 48.0 Å². The maximum atomic E-state index is 11.5. The van der Waals surface area contributed by atoms with E-state index in [1.54, 1.807) is 6.07 Å². The second-order valence-corrected chi connectivity index (χ2v) is 3.46. The largest absolute Gasteiger partial charge is 0.396 e. The summed E-state index contributed by atoms with van der Waals surface area (Å²) in [6.45, 7) is -0.0916. The number of carbonyl (C=O) groups excluding carboxylic acids is 1. The molecule has 0 radical (unpaired) electrons. The van der Waals surface area contributed by atoms with Crippen molar-refractivity contribution in [3.63, 3.8) is 0 Å². The van der Waals surface area contributed by atoms with Gasteiger partial charge in [0.25, 0.3) is 0 Å². The minimum atomic E-state index is -0.0916. The van der Waals surface area contributed by atoms with Gasteiger partial charge in [0.2, 0.25) is 0 Å². The van der Waals surface area contributed by atoms with Crippen LogP contribution in [0.5, 0.6) is 0 Å². The summed E-state index contributed by atoms with van der Waals surface area (Å²) in [6.07, 6.45) is 0.193. The highest BCUT2D eigenvalue weighted by atomic mass is 16.3. The first-order valence-corrected chi connectivity index (χ1v) is 4.94. The van der Waals surface area contributed by atoms with Gasteiger partial charge in [-0.2, -0.15) is 0 Å². The number of rotatable bonds is 3. The van der Waals surface area contributed by atoms with Crippen molar-refractivity contribution >= 4 is 16.6 Å². The molecule has 0 aromatic heterocycles. The molecule has 0 fully saturated rings. The van der Waals surface area contributed by atoms with Crippen molar-refractivity contribution in [2.75, 3.05) is 6.61 Å². The van der Waals surface area contributed by atoms with Gasteiger partial charge in [-0.05, 0) is 16.8 Å². The molecule has 0 spiro atoms. The number of aliphatic hydroxyl groups is 1. The van der Waals surface area contributed by atoms with E-state index in [1.165, 1.54) is 0 Å². The monoisotopic (exact) mass is 200 g/mol. The fraction of sp³-hybridized carbons (Fsp3) is 0.154. The Bertz CT molecular complexity index is 489. The maximum Gasteiger partial charge on any atom is 0.165 e. The topological polar surface area (TPSA) is 37.3 Å². The zero-order chi connectivity index (χ0) is 10.7. The highest BCUT2D eigenvalue weighted by Gasteiger charge is 2.04. The van der Waals surface area contributed by atoms with Gasteiger partial charge in [-0.3, -0.25) is 4.79 Å². The van der Waals surface area contributed by atoms with Crippen LogP contribution in [0.15, 0.2) is 42.5 Å². The maximum absolute atomic E-state index is 11.5. The number of hydrogen-bond donors (Lipinski definition) is 1. The van der Waals surface area contributed by atoms with E-state index < -0.39 is 0 Å². The quantitative estimate of drug-likeness (QED) is 0.772. The van der Waals surface area contributed by atoms with Gasteiger partial charge in [0.05, 0.1) is 6.61 Å². The molecule has 15 heavy (non-hydrogen) atoms. The van der Waals surface area contributed by atoms with Gasteiger partial charge < -0.3 is 5.11 Å². The molecule has 0 saturated heterocycles. The summed E-state index contributed by atoms with van der Waals surface area (Å²) >= 11 is 0. The molecule has 0 atom stereocenters. The molecule has 2 rings (SSSR count). The van der Waals surface area contributed by atoms with Crippen molar-refractivity contribution in [3.8, 4) is 0 Å². The van der Waals surface area contributed by atoms with Gasteiger partial charge in [-0.25, -0.2) is 0 Å². The summed E-state index contributed by atoms with van der Waals surface area (Å²) in [6, 6.07) is 13.5. The lowest BCUT2D eigenvalue weighted by Crippen LogP contribution is -2.01. The molecular formula is C13H12O2. The van der Waals surface area contributed by atoms with E-state index in [2.05, 4.69) is 0 Å². The first kappa shape index (κ1) is 9.87. The van der Waals surface area contributed by atoms with Crippen LogP contribution in [0, 0.1) is 0 Å². The molecule has 0 amide bonds. The Labute approximate surface area is 88.2 Å². The lowest BCUT2D eigenvalue weighted by Gasteiger charge is -2.01. The van der Waals surface area contributed by atoms with Crippen LogP contribution < -0.4 is 0 Å². The minimum absolute atomic E-state index is 0.0109. The predicted octanol–water partition coefficient (Wildman–Crippen LogP) is 2.40. The van der Waals surface area contributed by atoms with E-state index in [4.69, 9.17) is 5.11 Å². The highest BCUT2D eigenvalue weighted by Crippen LogP contribution is 2.16. The van der Waals surface area contributed by atoms with Crippen molar-refractivity contribution in [1.82, 2.24) is 0 Å². The van der Waals surface area contributed by atoms with E-state index in [1.807, 2.05) is 36.4 Å².